The molecule has 2 atom stereocenters. The summed E-state index contributed by atoms with van der Waals surface area (Å²) in [6.45, 7) is 6.27. The maximum Gasteiger partial charge on any atom is 0.422 e. The molecule has 0 aromatic heterocycles. The number of hydrogen-bond donors (Lipinski definition) is 4. The summed E-state index contributed by atoms with van der Waals surface area (Å²) >= 11 is 0. The third-order valence-electron chi connectivity index (χ3n) is 2.22. The summed E-state index contributed by atoms with van der Waals surface area (Å²) in [5.41, 5.74) is 4.87. The Kier molecular flexibility index (Phi) is 4.52. The molecule has 4 N–H and O–H groups in total. The van der Waals surface area contributed by atoms with E-state index in [1.807, 2.05) is 20.8 Å². The second-order valence-corrected chi connectivity index (χ2v) is 4.99. The Morgan fingerprint density at radius 1 is 1.56 bits per heavy atom. The fourth-order valence-electron chi connectivity index (χ4n) is 1.53. The quantitative estimate of drug-likeness (QED) is 0.503. The molecule has 1 saturated heterocycles. The van der Waals surface area contributed by atoms with Crippen LogP contribution in [0.4, 0.5) is 4.79 Å². The standard InChI is InChI=1S/C10H21N3O3/c1-10(2,3)16-9(15)13-12-7-4-8(6-14)11-5-7/h7-8,11-12,14H,4-6H2,1-3H3,(H,13,15)/t7-,8-/m1/s1. The highest BCUT2D eigenvalue weighted by atomic mass is 16.6. The molecule has 1 aliphatic heterocycles. The zero-order valence-corrected chi connectivity index (χ0v) is 10.0. The lowest BCUT2D eigenvalue weighted by molar-refractivity contribution is 0.0489. The monoisotopic (exact) mass is 231 g/mol. The van der Waals surface area contributed by atoms with Crippen LogP contribution in [0.2, 0.25) is 0 Å². The summed E-state index contributed by atoms with van der Waals surface area (Å²) in [6, 6.07) is 0.239. The molecule has 1 amide bonds. The van der Waals surface area contributed by atoms with Crippen molar-refractivity contribution in [2.45, 2.75) is 44.9 Å². The highest BCUT2D eigenvalue weighted by Gasteiger charge is 2.24. The molecule has 1 heterocycles. The molecule has 94 valence electrons. The van der Waals surface area contributed by atoms with E-state index in [1.54, 1.807) is 0 Å². The second kappa shape index (κ2) is 5.47. The van der Waals surface area contributed by atoms with Gasteiger partial charge in [-0.05, 0) is 27.2 Å². The Morgan fingerprint density at radius 3 is 2.75 bits per heavy atom. The van der Waals surface area contributed by atoms with Gasteiger partial charge >= 0.3 is 6.09 Å². The van der Waals surface area contributed by atoms with Gasteiger partial charge in [0.05, 0.1) is 6.61 Å². The second-order valence-electron chi connectivity index (χ2n) is 4.99. The Balaban J connectivity index is 2.18. The van der Waals surface area contributed by atoms with E-state index in [4.69, 9.17) is 9.84 Å². The topological polar surface area (TPSA) is 82.6 Å². The number of aliphatic hydroxyl groups excluding tert-OH is 1. The van der Waals surface area contributed by atoms with Gasteiger partial charge in [0.2, 0.25) is 0 Å². The van der Waals surface area contributed by atoms with Crippen molar-refractivity contribution in [3.8, 4) is 0 Å². The average Bonchev–Trinajstić information content (AvgIpc) is 2.59. The number of ether oxygens (including phenoxy) is 1. The first kappa shape index (κ1) is 13.2. The van der Waals surface area contributed by atoms with Crippen molar-refractivity contribution in [2.75, 3.05) is 13.2 Å². The summed E-state index contributed by atoms with van der Waals surface area (Å²) in [7, 11) is 0. The molecule has 1 fully saturated rings. The molecule has 0 radical (unpaired) electrons. The van der Waals surface area contributed by atoms with E-state index < -0.39 is 11.7 Å². The van der Waals surface area contributed by atoms with E-state index in [9.17, 15) is 4.79 Å². The van der Waals surface area contributed by atoms with Gasteiger partial charge in [-0.25, -0.2) is 10.2 Å². The first-order valence-electron chi connectivity index (χ1n) is 5.49. The van der Waals surface area contributed by atoms with E-state index in [0.717, 1.165) is 13.0 Å². The van der Waals surface area contributed by atoms with Crippen LogP contribution in [0.15, 0.2) is 0 Å². The van der Waals surface area contributed by atoms with Gasteiger partial charge in [0.15, 0.2) is 0 Å². The molecule has 0 aliphatic carbocycles. The highest BCUT2D eigenvalue weighted by molar-refractivity contribution is 5.67. The number of carbonyl (C=O) groups is 1. The molecule has 0 aromatic carbocycles. The van der Waals surface area contributed by atoms with Crippen LogP contribution in [0.3, 0.4) is 0 Å². The summed E-state index contributed by atoms with van der Waals surface area (Å²) in [6.07, 6.45) is 0.298. The van der Waals surface area contributed by atoms with Gasteiger partial charge in [-0.2, -0.15) is 0 Å². The maximum atomic E-state index is 11.3. The third kappa shape index (κ3) is 4.78. The number of hydrogen-bond acceptors (Lipinski definition) is 5. The van der Waals surface area contributed by atoms with Crippen molar-refractivity contribution in [1.82, 2.24) is 16.2 Å². The van der Waals surface area contributed by atoms with Crippen LogP contribution in [-0.4, -0.2) is 42.0 Å². The molecular formula is C10H21N3O3. The van der Waals surface area contributed by atoms with E-state index in [1.165, 1.54) is 0 Å². The van der Waals surface area contributed by atoms with E-state index in [-0.39, 0.29) is 18.7 Å². The van der Waals surface area contributed by atoms with Crippen LogP contribution in [0.5, 0.6) is 0 Å². The molecule has 0 saturated carbocycles. The van der Waals surface area contributed by atoms with Crippen molar-refractivity contribution in [1.29, 1.82) is 0 Å². The van der Waals surface area contributed by atoms with Crippen LogP contribution in [0.25, 0.3) is 0 Å². The fraction of sp³-hybridized carbons (Fsp3) is 0.900. The molecule has 1 rings (SSSR count). The lowest BCUT2D eigenvalue weighted by Crippen LogP contribution is -2.47. The Hall–Kier alpha value is -0.850. The van der Waals surface area contributed by atoms with Crippen LogP contribution < -0.4 is 16.2 Å². The average molecular weight is 231 g/mol. The smallest absolute Gasteiger partial charge is 0.422 e. The van der Waals surface area contributed by atoms with Crippen LogP contribution in [0.1, 0.15) is 27.2 Å². The lowest BCUT2D eigenvalue weighted by atomic mass is 10.2. The fourth-order valence-corrected chi connectivity index (χ4v) is 1.53. The van der Waals surface area contributed by atoms with Crippen molar-refractivity contribution in [3.05, 3.63) is 0 Å². The zero-order chi connectivity index (χ0) is 12.2. The minimum absolute atomic E-state index is 0.109. The zero-order valence-electron chi connectivity index (χ0n) is 10.0. The summed E-state index contributed by atoms with van der Waals surface area (Å²) in [4.78, 5) is 11.3. The Labute approximate surface area is 95.7 Å². The van der Waals surface area contributed by atoms with E-state index >= 15 is 0 Å². The molecule has 1 aliphatic rings. The first-order valence-corrected chi connectivity index (χ1v) is 5.49. The molecule has 6 heteroatoms. The number of aliphatic hydroxyl groups is 1. The minimum Gasteiger partial charge on any atom is -0.443 e. The van der Waals surface area contributed by atoms with E-state index in [2.05, 4.69) is 16.2 Å². The number of amides is 1. The lowest BCUT2D eigenvalue weighted by Gasteiger charge is -2.21. The normalized spacial score (nSPS) is 25.5. The molecule has 0 unspecified atom stereocenters. The van der Waals surface area contributed by atoms with Crippen molar-refractivity contribution in [2.24, 2.45) is 0 Å². The molecular weight excluding hydrogens is 210 g/mol. The van der Waals surface area contributed by atoms with Crippen molar-refractivity contribution < 1.29 is 14.6 Å². The van der Waals surface area contributed by atoms with Gasteiger partial charge in [0.1, 0.15) is 5.60 Å². The number of hydrazine groups is 1. The van der Waals surface area contributed by atoms with Crippen molar-refractivity contribution >= 4 is 6.09 Å². The number of carbonyl (C=O) groups excluding carboxylic acids is 1. The molecule has 6 nitrogen and oxygen atoms in total. The predicted octanol–water partition coefficient (Wildman–Crippen LogP) is -0.261. The third-order valence-corrected chi connectivity index (χ3v) is 2.22. The van der Waals surface area contributed by atoms with Gasteiger partial charge in [0, 0.05) is 18.6 Å². The predicted molar refractivity (Wildman–Crippen MR) is 59.8 cm³/mol. The van der Waals surface area contributed by atoms with Crippen LogP contribution >= 0.6 is 0 Å². The van der Waals surface area contributed by atoms with Gasteiger partial charge in [-0.3, -0.25) is 5.43 Å². The summed E-state index contributed by atoms with van der Waals surface area (Å²) in [5, 5.41) is 12.0. The molecule has 0 spiro atoms. The van der Waals surface area contributed by atoms with Gasteiger partial charge < -0.3 is 15.2 Å². The SMILES string of the molecule is CC(C)(C)OC(=O)NN[C@H]1CN[C@@H](CO)C1. The Morgan fingerprint density at radius 2 is 2.25 bits per heavy atom. The van der Waals surface area contributed by atoms with Crippen LogP contribution in [0, 0.1) is 0 Å². The van der Waals surface area contributed by atoms with Gasteiger partial charge in [-0.1, -0.05) is 0 Å². The first-order chi connectivity index (χ1) is 7.40. The minimum atomic E-state index is -0.493. The summed E-state index contributed by atoms with van der Waals surface area (Å²) in [5.74, 6) is 0. The highest BCUT2D eigenvalue weighted by Crippen LogP contribution is 2.07. The molecule has 16 heavy (non-hydrogen) atoms. The maximum absolute atomic E-state index is 11.3. The summed E-state index contributed by atoms with van der Waals surface area (Å²) < 4.78 is 5.07. The van der Waals surface area contributed by atoms with Gasteiger partial charge in [-0.15, -0.1) is 0 Å². The number of rotatable bonds is 3. The van der Waals surface area contributed by atoms with Crippen LogP contribution in [-0.2, 0) is 4.74 Å². The van der Waals surface area contributed by atoms with Gasteiger partial charge in [0.25, 0.3) is 0 Å². The molecule has 0 aromatic rings. The Bertz CT molecular complexity index is 240. The van der Waals surface area contributed by atoms with E-state index in [0.29, 0.717) is 0 Å². The van der Waals surface area contributed by atoms with Crippen molar-refractivity contribution in [3.63, 3.8) is 0 Å². The number of nitrogens with one attached hydrogen (secondary N) is 3. The molecule has 0 bridgehead atoms. The largest absolute Gasteiger partial charge is 0.443 e.